The molecule has 0 fully saturated rings. The predicted octanol–water partition coefficient (Wildman–Crippen LogP) is 5.96. The molecule has 5 rings (SSSR count). The minimum absolute atomic E-state index is 0.0256. The van der Waals surface area contributed by atoms with Crippen LogP contribution in [0.5, 0.6) is 0 Å². The maximum absolute atomic E-state index is 13.8. The Kier molecular flexibility index (Phi) is 5.75. The van der Waals surface area contributed by atoms with Gasteiger partial charge in [-0.05, 0) is 68.7 Å². The number of hydrogen-bond acceptors (Lipinski definition) is 4. The van der Waals surface area contributed by atoms with Crippen LogP contribution in [-0.4, -0.2) is 21.4 Å². The molecule has 2 heterocycles. The highest BCUT2D eigenvalue weighted by Crippen LogP contribution is 2.51. The molecule has 1 aliphatic rings. The van der Waals surface area contributed by atoms with Crippen molar-refractivity contribution in [3.63, 3.8) is 0 Å². The molecule has 1 atom stereocenters. The van der Waals surface area contributed by atoms with E-state index in [2.05, 4.69) is 66.4 Å². The van der Waals surface area contributed by atoms with Crippen molar-refractivity contribution in [1.29, 1.82) is 0 Å². The van der Waals surface area contributed by atoms with Crippen LogP contribution in [-0.2, 0) is 5.41 Å². The van der Waals surface area contributed by atoms with Crippen LogP contribution in [0.4, 0.5) is 17.3 Å². The van der Waals surface area contributed by atoms with Crippen LogP contribution >= 0.6 is 0 Å². The Morgan fingerprint density at radius 1 is 0.944 bits per heavy atom. The maximum Gasteiger partial charge on any atom is 0.258 e. The number of nitrogens with one attached hydrogen (secondary N) is 2. The third-order valence-corrected chi connectivity index (χ3v) is 6.99. The van der Waals surface area contributed by atoms with Crippen molar-refractivity contribution in [2.75, 3.05) is 10.2 Å². The molecule has 0 bridgehead atoms. The van der Waals surface area contributed by atoms with Gasteiger partial charge in [0.25, 0.3) is 11.5 Å². The van der Waals surface area contributed by atoms with Crippen molar-refractivity contribution in [3.8, 4) is 0 Å². The first-order valence-corrected chi connectivity index (χ1v) is 12.1. The molecule has 0 aliphatic carbocycles. The van der Waals surface area contributed by atoms with Crippen LogP contribution < -0.4 is 15.8 Å². The number of anilines is 3. The molecule has 1 aliphatic heterocycles. The number of nitrogens with zero attached hydrogens (tertiary/aromatic N) is 2. The molecule has 0 radical (unpaired) electrons. The summed E-state index contributed by atoms with van der Waals surface area (Å²) in [5.74, 6) is 0.358. The minimum Gasteiger partial charge on any atom is -0.326 e. The van der Waals surface area contributed by atoms with Crippen LogP contribution in [0.3, 0.4) is 0 Å². The van der Waals surface area contributed by atoms with Crippen molar-refractivity contribution in [2.24, 2.45) is 0 Å². The molecule has 6 nitrogen and oxygen atoms in total. The van der Waals surface area contributed by atoms with Crippen LogP contribution in [0, 0.1) is 6.92 Å². The number of H-pyrrole nitrogens is 1. The number of aromatic amines is 1. The molecule has 1 unspecified atom stereocenters. The fourth-order valence-corrected chi connectivity index (χ4v) is 5.55. The molecule has 0 saturated heterocycles. The number of hydrogen-bond donors (Lipinski definition) is 2. The smallest absolute Gasteiger partial charge is 0.258 e. The van der Waals surface area contributed by atoms with E-state index in [1.807, 2.05) is 53.4 Å². The van der Waals surface area contributed by atoms with Crippen molar-refractivity contribution in [3.05, 3.63) is 118 Å². The quantitative estimate of drug-likeness (QED) is 0.380. The third kappa shape index (κ3) is 4.19. The summed E-state index contributed by atoms with van der Waals surface area (Å²) in [4.78, 5) is 34.9. The number of benzene rings is 3. The number of amides is 1. The predicted molar refractivity (Wildman–Crippen MR) is 144 cm³/mol. The van der Waals surface area contributed by atoms with Crippen LogP contribution in [0.15, 0.2) is 89.7 Å². The minimum atomic E-state index is -0.442. The largest absolute Gasteiger partial charge is 0.326 e. The SMILES string of the molecule is Cc1cc(=O)[nH]c(Nc2ccc3c(c2)C(C)(c2ccccc2)CC(C)(C)N3C(=O)c2ccccc2)n1. The molecule has 182 valence electrons. The zero-order valence-electron chi connectivity index (χ0n) is 21.0. The summed E-state index contributed by atoms with van der Waals surface area (Å²) in [6.07, 6.45) is 0.735. The Balaban J connectivity index is 1.67. The van der Waals surface area contributed by atoms with Crippen molar-refractivity contribution < 1.29 is 4.79 Å². The first kappa shape index (κ1) is 23.5. The number of aryl methyl sites for hydroxylation is 1. The Bertz CT molecular complexity index is 1480. The molecule has 4 aromatic rings. The van der Waals surface area contributed by atoms with Crippen LogP contribution in [0.2, 0.25) is 0 Å². The van der Waals surface area contributed by atoms with Crippen LogP contribution in [0.1, 0.15) is 54.4 Å². The summed E-state index contributed by atoms with van der Waals surface area (Å²) in [7, 11) is 0. The molecule has 0 saturated carbocycles. The molecule has 0 spiro atoms. The van der Waals surface area contributed by atoms with Gasteiger partial charge in [-0.2, -0.15) is 0 Å². The highest BCUT2D eigenvalue weighted by molar-refractivity contribution is 6.08. The molecular formula is C30H30N4O2. The summed E-state index contributed by atoms with van der Waals surface area (Å²) in [6.45, 7) is 8.29. The Hall–Kier alpha value is -4.19. The lowest BCUT2D eigenvalue weighted by Crippen LogP contribution is -2.55. The fraction of sp³-hybridized carbons (Fsp3) is 0.233. The lowest BCUT2D eigenvalue weighted by molar-refractivity contribution is 0.0948. The van der Waals surface area contributed by atoms with Crippen molar-refractivity contribution >= 4 is 23.2 Å². The molecule has 6 heteroatoms. The van der Waals surface area contributed by atoms with Gasteiger partial charge in [-0.3, -0.25) is 14.6 Å². The van der Waals surface area contributed by atoms with E-state index in [-0.39, 0.29) is 16.9 Å². The number of fused-ring (bicyclic) bond motifs is 1. The topological polar surface area (TPSA) is 78.1 Å². The van der Waals surface area contributed by atoms with Crippen molar-refractivity contribution in [1.82, 2.24) is 9.97 Å². The fourth-order valence-electron chi connectivity index (χ4n) is 5.55. The van der Waals surface area contributed by atoms with E-state index in [0.717, 1.165) is 23.4 Å². The second-order valence-electron chi connectivity index (χ2n) is 10.3. The standard InChI is InChI=1S/C30H30N4O2/c1-20-17-26(35)33-28(31-20)32-23-15-16-25-24(18-23)30(4,22-13-9-6-10-14-22)19-29(2,3)34(25)27(36)21-11-7-5-8-12-21/h5-18H,19H2,1-4H3,(H2,31,32,33,35). The first-order valence-electron chi connectivity index (χ1n) is 12.1. The van der Waals surface area contributed by atoms with Crippen LogP contribution in [0.25, 0.3) is 0 Å². The normalized spacial score (nSPS) is 18.4. The Morgan fingerprint density at radius 2 is 1.61 bits per heavy atom. The molecular weight excluding hydrogens is 448 g/mol. The van der Waals surface area contributed by atoms with E-state index in [1.54, 1.807) is 6.92 Å². The van der Waals surface area contributed by atoms with Gasteiger partial charge in [0.15, 0.2) is 0 Å². The average molecular weight is 479 g/mol. The summed E-state index contributed by atoms with van der Waals surface area (Å²) in [5, 5.41) is 3.25. The van der Waals surface area contributed by atoms with Gasteiger partial charge in [0, 0.05) is 39.7 Å². The summed E-state index contributed by atoms with van der Waals surface area (Å²) in [5.41, 5.74) is 4.18. The van der Waals surface area contributed by atoms with Crippen molar-refractivity contribution in [2.45, 2.75) is 45.1 Å². The second-order valence-corrected chi connectivity index (χ2v) is 10.3. The number of carbonyl (C=O) groups is 1. The number of carbonyl (C=O) groups excluding carboxylic acids is 1. The molecule has 2 N–H and O–H groups in total. The average Bonchev–Trinajstić information content (AvgIpc) is 2.84. The van der Waals surface area contributed by atoms with Gasteiger partial charge in [-0.1, -0.05) is 55.5 Å². The van der Waals surface area contributed by atoms with E-state index in [9.17, 15) is 9.59 Å². The van der Waals surface area contributed by atoms with E-state index < -0.39 is 5.54 Å². The molecule has 1 amide bonds. The Morgan fingerprint density at radius 3 is 2.28 bits per heavy atom. The van der Waals surface area contributed by atoms with Gasteiger partial charge in [0.1, 0.15) is 0 Å². The zero-order chi connectivity index (χ0) is 25.5. The number of rotatable bonds is 4. The maximum atomic E-state index is 13.8. The van der Waals surface area contributed by atoms with Gasteiger partial charge in [0.05, 0.1) is 0 Å². The lowest BCUT2D eigenvalue weighted by Gasteiger charge is -2.51. The molecule has 1 aromatic heterocycles. The first-order chi connectivity index (χ1) is 17.2. The summed E-state index contributed by atoms with van der Waals surface area (Å²) < 4.78 is 0. The Labute approximate surface area is 211 Å². The van der Waals surface area contributed by atoms with Gasteiger partial charge in [-0.15, -0.1) is 0 Å². The number of aromatic nitrogens is 2. The lowest BCUT2D eigenvalue weighted by atomic mass is 9.65. The van der Waals surface area contributed by atoms with Gasteiger partial charge < -0.3 is 10.2 Å². The van der Waals surface area contributed by atoms with E-state index in [1.165, 1.54) is 11.6 Å². The highest BCUT2D eigenvalue weighted by atomic mass is 16.2. The molecule has 3 aromatic carbocycles. The second kappa shape index (κ2) is 8.79. The van der Waals surface area contributed by atoms with Gasteiger partial charge in [0.2, 0.25) is 5.95 Å². The molecule has 36 heavy (non-hydrogen) atoms. The zero-order valence-corrected chi connectivity index (χ0v) is 21.0. The van der Waals surface area contributed by atoms with E-state index >= 15 is 0 Å². The van der Waals surface area contributed by atoms with Gasteiger partial charge in [-0.25, -0.2) is 4.98 Å². The highest BCUT2D eigenvalue weighted by Gasteiger charge is 2.48. The van der Waals surface area contributed by atoms with Gasteiger partial charge >= 0.3 is 0 Å². The van der Waals surface area contributed by atoms with E-state index in [0.29, 0.717) is 17.2 Å². The third-order valence-electron chi connectivity index (χ3n) is 6.99. The summed E-state index contributed by atoms with van der Waals surface area (Å²) >= 11 is 0. The monoisotopic (exact) mass is 478 g/mol. The summed E-state index contributed by atoms with van der Waals surface area (Å²) in [6, 6.07) is 27.3. The van der Waals surface area contributed by atoms with E-state index in [4.69, 9.17) is 0 Å².